The van der Waals surface area contributed by atoms with Gasteiger partial charge in [0.05, 0.1) is 5.75 Å². The largest absolute Gasteiger partial charge is 0.327 e. The van der Waals surface area contributed by atoms with Crippen LogP contribution in [0.15, 0.2) is 42.5 Å². The van der Waals surface area contributed by atoms with Gasteiger partial charge < -0.3 is 5.73 Å². The normalized spacial score (nSPS) is 19.7. The second-order valence-corrected chi connectivity index (χ2v) is 9.68. The second-order valence-electron chi connectivity index (χ2n) is 7.32. The predicted molar refractivity (Wildman–Crippen MR) is 112 cm³/mol. The maximum atomic E-state index is 11.9. The van der Waals surface area contributed by atoms with Gasteiger partial charge in [0.15, 0.2) is 0 Å². The van der Waals surface area contributed by atoms with Crippen LogP contribution in [0.25, 0.3) is 0 Å². The van der Waals surface area contributed by atoms with Crippen molar-refractivity contribution in [1.29, 1.82) is 0 Å². The Balaban J connectivity index is 1.82. The average molecular weight is 407 g/mol. The fourth-order valence-corrected chi connectivity index (χ4v) is 5.08. The molecule has 2 unspecified atom stereocenters. The van der Waals surface area contributed by atoms with Crippen LogP contribution in [0.3, 0.4) is 0 Å². The van der Waals surface area contributed by atoms with Crippen LogP contribution in [0.4, 0.5) is 0 Å². The van der Waals surface area contributed by atoms with Crippen molar-refractivity contribution >= 4 is 21.6 Å². The Morgan fingerprint density at radius 2 is 2.00 bits per heavy atom. The lowest BCUT2D eigenvalue weighted by Gasteiger charge is -2.32. The Hall–Kier alpha value is -1.40. The summed E-state index contributed by atoms with van der Waals surface area (Å²) in [6, 6.07) is 14.3. The Labute approximate surface area is 167 Å². The smallest absolute Gasteiger partial charge is 0.211 e. The molecule has 0 fully saturated rings. The van der Waals surface area contributed by atoms with Crippen molar-refractivity contribution in [3.8, 4) is 0 Å². The first-order valence-corrected chi connectivity index (χ1v) is 11.5. The van der Waals surface area contributed by atoms with Crippen LogP contribution < -0.4 is 10.5 Å². The van der Waals surface area contributed by atoms with Crippen molar-refractivity contribution in [2.45, 2.75) is 51.1 Å². The van der Waals surface area contributed by atoms with Gasteiger partial charge in [-0.2, -0.15) is 0 Å². The standard InChI is InChI=1S/C21H27ClN2O2S/c1-2-10-27(25,26)24-14-16-6-7-17-8-9-21(23)20(19(17)13-16)12-15-4-3-5-18(22)11-15/h3-7,11,13,20-21,24H,2,8-10,12,14,23H2,1H3. The molecule has 0 aliphatic heterocycles. The molecular weight excluding hydrogens is 380 g/mol. The molecule has 0 amide bonds. The summed E-state index contributed by atoms with van der Waals surface area (Å²) in [5, 5.41) is 0.733. The number of aryl methyl sites for hydroxylation is 1. The number of nitrogens with one attached hydrogen (secondary N) is 1. The number of nitrogens with two attached hydrogens (primary N) is 1. The van der Waals surface area contributed by atoms with Gasteiger partial charge in [0, 0.05) is 23.5 Å². The maximum absolute atomic E-state index is 11.9. The molecule has 0 heterocycles. The van der Waals surface area contributed by atoms with E-state index in [1.54, 1.807) is 0 Å². The van der Waals surface area contributed by atoms with Crippen LogP contribution in [-0.4, -0.2) is 20.2 Å². The van der Waals surface area contributed by atoms with Gasteiger partial charge in [0.25, 0.3) is 0 Å². The SMILES string of the molecule is CCCS(=O)(=O)NCc1ccc2c(c1)C(Cc1cccc(Cl)c1)C(N)CC2. The summed E-state index contributed by atoms with van der Waals surface area (Å²) in [6.45, 7) is 2.18. The van der Waals surface area contributed by atoms with Crippen molar-refractivity contribution < 1.29 is 8.42 Å². The zero-order chi connectivity index (χ0) is 19.4. The molecule has 27 heavy (non-hydrogen) atoms. The first-order valence-electron chi connectivity index (χ1n) is 9.47. The molecule has 0 bridgehead atoms. The van der Waals surface area contributed by atoms with E-state index < -0.39 is 10.0 Å². The van der Waals surface area contributed by atoms with Gasteiger partial charge >= 0.3 is 0 Å². The summed E-state index contributed by atoms with van der Waals surface area (Å²) in [6.07, 6.45) is 3.36. The Morgan fingerprint density at radius 3 is 2.74 bits per heavy atom. The summed E-state index contributed by atoms with van der Waals surface area (Å²) in [4.78, 5) is 0. The molecule has 3 rings (SSSR count). The molecule has 2 aromatic carbocycles. The van der Waals surface area contributed by atoms with Crippen molar-refractivity contribution in [2.75, 3.05) is 5.75 Å². The predicted octanol–water partition coefficient (Wildman–Crippen LogP) is 3.77. The van der Waals surface area contributed by atoms with Crippen molar-refractivity contribution in [1.82, 2.24) is 4.72 Å². The van der Waals surface area contributed by atoms with Crippen molar-refractivity contribution in [3.63, 3.8) is 0 Å². The van der Waals surface area contributed by atoms with Crippen molar-refractivity contribution in [3.05, 3.63) is 69.7 Å². The zero-order valence-corrected chi connectivity index (χ0v) is 17.2. The van der Waals surface area contributed by atoms with Crippen LogP contribution in [0.5, 0.6) is 0 Å². The Bertz CT molecular complexity index is 899. The highest BCUT2D eigenvalue weighted by molar-refractivity contribution is 7.89. The minimum atomic E-state index is -3.22. The van der Waals surface area contributed by atoms with Crippen molar-refractivity contribution in [2.24, 2.45) is 5.73 Å². The number of hydrogen-bond acceptors (Lipinski definition) is 3. The molecule has 1 aliphatic rings. The molecule has 2 atom stereocenters. The van der Waals surface area contributed by atoms with E-state index >= 15 is 0 Å². The average Bonchev–Trinajstić information content (AvgIpc) is 2.62. The molecule has 6 heteroatoms. The quantitative estimate of drug-likeness (QED) is 0.735. The lowest BCUT2D eigenvalue weighted by molar-refractivity contribution is 0.467. The highest BCUT2D eigenvalue weighted by atomic mass is 35.5. The number of benzene rings is 2. The number of sulfonamides is 1. The summed E-state index contributed by atoms with van der Waals surface area (Å²) in [5.74, 6) is 0.361. The lowest BCUT2D eigenvalue weighted by atomic mass is 9.76. The minimum Gasteiger partial charge on any atom is -0.327 e. The van der Waals surface area contributed by atoms with Gasteiger partial charge in [-0.1, -0.05) is 48.9 Å². The molecule has 3 N–H and O–H groups in total. The Morgan fingerprint density at radius 1 is 1.19 bits per heavy atom. The highest BCUT2D eigenvalue weighted by Gasteiger charge is 2.27. The molecule has 146 valence electrons. The fourth-order valence-electron chi connectivity index (χ4n) is 3.79. The molecule has 4 nitrogen and oxygen atoms in total. The van der Waals surface area contributed by atoms with E-state index in [2.05, 4.69) is 22.9 Å². The number of halogens is 1. The first-order chi connectivity index (χ1) is 12.9. The molecule has 0 saturated carbocycles. The summed E-state index contributed by atoms with van der Waals surface area (Å²) in [5.41, 5.74) is 11.2. The topological polar surface area (TPSA) is 72.2 Å². The number of fused-ring (bicyclic) bond motifs is 1. The number of hydrogen-bond donors (Lipinski definition) is 2. The molecule has 0 saturated heterocycles. The summed E-state index contributed by atoms with van der Waals surface area (Å²) >= 11 is 6.14. The van der Waals surface area contributed by atoms with E-state index in [0.29, 0.717) is 13.0 Å². The fraction of sp³-hybridized carbons (Fsp3) is 0.429. The third-order valence-corrected chi connectivity index (χ3v) is 6.95. The van der Waals surface area contributed by atoms with E-state index in [4.69, 9.17) is 17.3 Å². The number of rotatable bonds is 7. The van der Waals surface area contributed by atoms with Gasteiger partial charge in [-0.3, -0.25) is 0 Å². The Kier molecular flexibility index (Phi) is 6.58. The van der Waals surface area contributed by atoms with E-state index in [0.717, 1.165) is 29.8 Å². The molecule has 1 aliphatic carbocycles. The molecule has 0 radical (unpaired) electrons. The highest BCUT2D eigenvalue weighted by Crippen LogP contribution is 2.34. The van der Waals surface area contributed by atoms with E-state index in [1.165, 1.54) is 16.7 Å². The third kappa shape index (κ3) is 5.32. The minimum absolute atomic E-state index is 0.0866. The first kappa shape index (κ1) is 20.3. The van der Waals surface area contributed by atoms with Crippen LogP contribution in [0.2, 0.25) is 5.02 Å². The lowest BCUT2D eigenvalue weighted by Crippen LogP contribution is -2.34. The van der Waals surface area contributed by atoms with Crippen LogP contribution >= 0.6 is 11.6 Å². The summed E-state index contributed by atoms with van der Waals surface area (Å²) < 4.78 is 26.6. The third-order valence-electron chi connectivity index (χ3n) is 5.19. The zero-order valence-electron chi connectivity index (χ0n) is 15.6. The van der Waals surface area contributed by atoms with E-state index in [-0.39, 0.29) is 17.7 Å². The monoisotopic (exact) mass is 406 g/mol. The second kappa shape index (κ2) is 8.74. The van der Waals surface area contributed by atoms with Gasteiger partial charge in [0.2, 0.25) is 10.0 Å². The van der Waals surface area contributed by atoms with Crippen LogP contribution in [0, 0.1) is 0 Å². The van der Waals surface area contributed by atoms with Gasteiger partial charge in [-0.15, -0.1) is 0 Å². The maximum Gasteiger partial charge on any atom is 0.211 e. The molecule has 0 spiro atoms. The van der Waals surface area contributed by atoms with Gasteiger partial charge in [0.1, 0.15) is 0 Å². The molecule has 2 aromatic rings. The van der Waals surface area contributed by atoms with Crippen LogP contribution in [0.1, 0.15) is 47.9 Å². The van der Waals surface area contributed by atoms with E-state index in [1.807, 2.05) is 31.2 Å². The van der Waals surface area contributed by atoms with E-state index in [9.17, 15) is 8.42 Å². The molecule has 0 aromatic heterocycles. The molecular formula is C21H27ClN2O2S. The summed E-state index contributed by atoms with van der Waals surface area (Å²) in [7, 11) is -3.22. The van der Waals surface area contributed by atoms with Gasteiger partial charge in [-0.25, -0.2) is 13.1 Å². The van der Waals surface area contributed by atoms with Gasteiger partial charge in [-0.05, 0) is 60.1 Å². The van der Waals surface area contributed by atoms with Crippen LogP contribution in [-0.2, 0) is 29.4 Å².